The highest BCUT2D eigenvalue weighted by Gasteiger charge is 2.22. The Morgan fingerprint density at radius 2 is 2.09 bits per heavy atom. The lowest BCUT2D eigenvalue weighted by atomic mass is 9.90. The fraction of sp³-hybridized carbons (Fsp3) is 0.588. The molecule has 1 aliphatic carbocycles. The Labute approximate surface area is 136 Å². The van der Waals surface area contributed by atoms with Crippen molar-refractivity contribution in [2.45, 2.75) is 51.7 Å². The van der Waals surface area contributed by atoms with E-state index in [-0.39, 0.29) is 17.9 Å². The summed E-state index contributed by atoms with van der Waals surface area (Å²) >= 11 is 0. The van der Waals surface area contributed by atoms with Gasteiger partial charge in [-0.2, -0.15) is 0 Å². The van der Waals surface area contributed by atoms with Crippen molar-refractivity contribution in [1.29, 1.82) is 0 Å². The van der Waals surface area contributed by atoms with Crippen LogP contribution >= 0.6 is 0 Å². The van der Waals surface area contributed by atoms with Crippen molar-refractivity contribution in [3.63, 3.8) is 0 Å². The van der Waals surface area contributed by atoms with Gasteiger partial charge in [0, 0.05) is 29.6 Å². The Kier molecular flexibility index (Phi) is 5.71. The van der Waals surface area contributed by atoms with E-state index in [9.17, 15) is 9.70 Å². The normalized spacial score (nSPS) is 15.7. The third-order valence-electron chi connectivity index (χ3n) is 3.74. The van der Waals surface area contributed by atoms with Gasteiger partial charge in [-0.15, -0.1) is 4.91 Å². The summed E-state index contributed by atoms with van der Waals surface area (Å²) in [5.41, 5.74) is 1.60. The zero-order valence-corrected chi connectivity index (χ0v) is 13.9. The molecule has 0 heterocycles. The fourth-order valence-electron chi connectivity index (χ4n) is 2.57. The first kappa shape index (κ1) is 17.4. The molecule has 0 saturated heterocycles. The molecule has 23 heavy (non-hydrogen) atoms. The summed E-state index contributed by atoms with van der Waals surface area (Å²) in [7, 11) is 0. The van der Waals surface area contributed by atoms with E-state index in [1.165, 1.54) is 0 Å². The van der Waals surface area contributed by atoms with Gasteiger partial charge in [-0.1, -0.05) is 12.1 Å². The summed E-state index contributed by atoms with van der Waals surface area (Å²) in [6.07, 6.45) is 1.77. The molecule has 0 bridgehead atoms. The Bertz CT molecular complexity index is 566. The third-order valence-corrected chi connectivity index (χ3v) is 3.74. The lowest BCUT2D eigenvalue weighted by Gasteiger charge is -2.24. The fourth-order valence-corrected chi connectivity index (χ4v) is 2.57. The number of Topliss-reactive ketones (excluding diaryl/α,β-unsaturated/α-hetero) is 1. The molecule has 1 N–H and O–H groups in total. The summed E-state index contributed by atoms with van der Waals surface area (Å²) in [5, 5.41) is 5.78. The maximum atomic E-state index is 11.9. The average molecular weight is 320 g/mol. The second-order valence-corrected chi connectivity index (χ2v) is 6.80. The van der Waals surface area contributed by atoms with Crippen LogP contribution in [0.5, 0.6) is 5.75 Å². The smallest absolute Gasteiger partial charge is 0.176 e. The van der Waals surface area contributed by atoms with Gasteiger partial charge in [-0.25, -0.2) is 0 Å². The van der Waals surface area contributed by atoms with Crippen LogP contribution in [0.15, 0.2) is 23.5 Å². The number of nitrogens with zero attached hydrogens (tertiary/aromatic N) is 1. The summed E-state index contributed by atoms with van der Waals surface area (Å²) in [6.45, 7) is 6.72. The topological polar surface area (TPSA) is 77.0 Å². The number of carbonyl (C=O) groups excluding carboxylic acids is 1. The van der Waals surface area contributed by atoms with Crippen molar-refractivity contribution < 1.29 is 14.4 Å². The molecule has 6 heteroatoms. The van der Waals surface area contributed by atoms with E-state index >= 15 is 0 Å². The Balaban J connectivity index is 2.02. The quantitative estimate of drug-likeness (QED) is 0.617. The number of nitrogens with one attached hydrogen (secondary N) is 1. The number of benzene rings is 1. The maximum absolute atomic E-state index is 11.9. The van der Waals surface area contributed by atoms with E-state index in [2.05, 4.69) is 10.7 Å². The van der Waals surface area contributed by atoms with E-state index in [1.807, 2.05) is 39.0 Å². The molecule has 1 aromatic rings. The highest BCUT2D eigenvalue weighted by molar-refractivity contribution is 5.99. The van der Waals surface area contributed by atoms with Crippen LogP contribution in [0.2, 0.25) is 0 Å². The van der Waals surface area contributed by atoms with Crippen LogP contribution in [0.3, 0.4) is 0 Å². The van der Waals surface area contributed by atoms with E-state index in [1.54, 1.807) is 0 Å². The van der Waals surface area contributed by atoms with Crippen LogP contribution < -0.4 is 10.1 Å². The molecular weight excluding hydrogens is 296 g/mol. The van der Waals surface area contributed by atoms with Crippen molar-refractivity contribution in [2.24, 2.45) is 5.34 Å². The van der Waals surface area contributed by atoms with Crippen LogP contribution in [0.1, 0.15) is 49.5 Å². The van der Waals surface area contributed by atoms with Crippen LogP contribution in [0, 0.1) is 4.91 Å². The molecule has 0 radical (unpaired) electrons. The summed E-state index contributed by atoms with van der Waals surface area (Å²) in [4.78, 5) is 27.2. The van der Waals surface area contributed by atoms with Gasteiger partial charge in [0.1, 0.15) is 12.4 Å². The van der Waals surface area contributed by atoms with Crippen LogP contribution in [0.4, 0.5) is 0 Å². The predicted octanol–water partition coefficient (Wildman–Crippen LogP) is 3.04. The van der Waals surface area contributed by atoms with Gasteiger partial charge < -0.3 is 14.9 Å². The van der Waals surface area contributed by atoms with Gasteiger partial charge in [0.25, 0.3) is 0 Å². The van der Waals surface area contributed by atoms with E-state index in [0.717, 1.165) is 24.0 Å². The number of hydrogen-bond acceptors (Lipinski definition) is 6. The zero-order valence-electron chi connectivity index (χ0n) is 13.9. The number of fused-ring (bicyclic) bond motifs is 1. The van der Waals surface area contributed by atoms with Crippen molar-refractivity contribution in [3.05, 3.63) is 34.2 Å². The minimum Gasteiger partial charge on any atom is -0.489 e. The first-order valence-corrected chi connectivity index (χ1v) is 7.92. The Morgan fingerprint density at radius 3 is 2.78 bits per heavy atom. The second-order valence-electron chi connectivity index (χ2n) is 6.80. The van der Waals surface area contributed by atoms with E-state index in [4.69, 9.17) is 9.57 Å². The van der Waals surface area contributed by atoms with Crippen molar-refractivity contribution in [3.8, 4) is 5.75 Å². The second kappa shape index (κ2) is 7.55. The Morgan fingerprint density at radius 1 is 1.30 bits per heavy atom. The molecule has 0 spiro atoms. The third kappa shape index (κ3) is 5.03. The van der Waals surface area contributed by atoms with Crippen LogP contribution in [0.25, 0.3) is 0 Å². The minimum absolute atomic E-state index is 0.0944. The lowest BCUT2D eigenvalue weighted by molar-refractivity contribution is 0.0180. The summed E-state index contributed by atoms with van der Waals surface area (Å²) in [5.74, 6) is 0.847. The SMILES string of the molecule is CC(C)(C)NCC(COc1cccc2c1CCCC2=O)ON=O. The average Bonchev–Trinajstić information content (AvgIpc) is 2.50. The molecule has 0 aliphatic heterocycles. The Hall–Kier alpha value is -1.95. The van der Waals surface area contributed by atoms with Gasteiger partial charge >= 0.3 is 0 Å². The molecule has 0 saturated carbocycles. The van der Waals surface area contributed by atoms with Gasteiger partial charge in [-0.3, -0.25) is 4.79 Å². The molecule has 1 aromatic carbocycles. The molecule has 6 nitrogen and oxygen atoms in total. The number of ketones is 1. The lowest BCUT2D eigenvalue weighted by Crippen LogP contribution is -2.43. The molecule has 0 aromatic heterocycles. The van der Waals surface area contributed by atoms with E-state index in [0.29, 0.717) is 18.7 Å². The van der Waals surface area contributed by atoms with Crippen LogP contribution in [-0.4, -0.2) is 30.6 Å². The molecule has 1 aliphatic rings. The monoisotopic (exact) mass is 320 g/mol. The predicted molar refractivity (Wildman–Crippen MR) is 87.6 cm³/mol. The first-order chi connectivity index (χ1) is 10.9. The number of ether oxygens (including phenoxy) is 1. The minimum atomic E-state index is -0.484. The molecule has 0 fully saturated rings. The highest BCUT2D eigenvalue weighted by atomic mass is 16.7. The van der Waals surface area contributed by atoms with Crippen molar-refractivity contribution in [2.75, 3.05) is 13.2 Å². The first-order valence-electron chi connectivity index (χ1n) is 7.92. The number of rotatable bonds is 7. The van der Waals surface area contributed by atoms with E-state index < -0.39 is 6.10 Å². The molecule has 0 amide bonds. The molecule has 1 atom stereocenters. The van der Waals surface area contributed by atoms with Gasteiger partial charge in [0.2, 0.25) is 0 Å². The van der Waals surface area contributed by atoms with Gasteiger partial charge in [0.15, 0.2) is 17.2 Å². The van der Waals surface area contributed by atoms with Gasteiger partial charge in [-0.05, 0) is 39.7 Å². The standard InChI is InChI=1S/C17H24N2O4/c1-17(2,3)18-10-12(23-19-21)11-22-16-9-5-6-13-14(16)7-4-8-15(13)20/h5-6,9,12,18H,4,7-8,10-11H2,1-3H3. The number of carbonyl (C=O) groups is 1. The molecule has 1 unspecified atom stereocenters. The summed E-state index contributed by atoms with van der Waals surface area (Å²) < 4.78 is 5.82. The van der Waals surface area contributed by atoms with Crippen molar-refractivity contribution >= 4 is 5.78 Å². The maximum Gasteiger partial charge on any atom is 0.176 e. The van der Waals surface area contributed by atoms with Crippen molar-refractivity contribution in [1.82, 2.24) is 5.32 Å². The highest BCUT2D eigenvalue weighted by Crippen LogP contribution is 2.29. The van der Waals surface area contributed by atoms with Crippen LogP contribution in [-0.2, 0) is 11.3 Å². The molecule has 126 valence electrons. The molecule has 2 rings (SSSR count). The summed E-state index contributed by atoms with van der Waals surface area (Å²) in [6, 6.07) is 5.50. The number of hydrogen-bond donors (Lipinski definition) is 1. The zero-order chi connectivity index (χ0) is 16.9. The van der Waals surface area contributed by atoms with Gasteiger partial charge in [0.05, 0.1) is 0 Å². The molecular formula is C17H24N2O4. The largest absolute Gasteiger partial charge is 0.489 e.